The van der Waals surface area contributed by atoms with Gasteiger partial charge in [0.05, 0.1) is 11.9 Å². The van der Waals surface area contributed by atoms with Crippen LogP contribution < -0.4 is 15.0 Å². The zero-order valence-corrected chi connectivity index (χ0v) is 27.6. The standard InChI is InChI=1S/C34H42ClFN6O4/c1-23(43)37-20-24-7-9-40(10-8-24)22-25-15-30(26-17-27(35)19-28(36)18-26)39-32(16-25)45-29-5-6-31(38-21-29)41-11-13-42(14-12-41)33(44)46-34(2,3)4/h5-6,15-19,21,24H,7-14,20,22H2,1-4H3,(H,37,43). The molecule has 246 valence electrons. The normalized spacial score (nSPS) is 16.3. The smallest absolute Gasteiger partial charge is 0.410 e. The van der Waals surface area contributed by atoms with E-state index in [1.165, 1.54) is 12.1 Å². The first kappa shape index (κ1) is 33.4. The van der Waals surface area contributed by atoms with Crippen LogP contribution in [-0.2, 0) is 16.1 Å². The molecule has 2 aromatic heterocycles. The van der Waals surface area contributed by atoms with E-state index in [0.29, 0.717) is 68.1 Å². The van der Waals surface area contributed by atoms with Gasteiger partial charge in [0, 0.05) is 62.8 Å². The van der Waals surface area contributed by atoms with E-state index in [2.05, 4.69) is 20.1 Å². The average molecular weight is 653 g/mol. The third-order valence-electron chi connectivity index (χ3n) is 7.97. The Balaban J connectivity index is 1.26. The van der Waals surface area contributed by atoms with E-state index in [1.54, 1.807) is 24.1 Å². The van der Waals surface area contributed by atoms with Crippen LogP contribution in [0.15, 0.2) is 48.7 Å². The molecular weight excluding hydrogens is 611 g/mol. The van der Waals surface area contributed by atoms with Gasteiger partial charge in [0.25, 0.3) is 0 Å². The minimum absolute atomic E-state index is 0.000282. The summed E-state index contributed by atoms with van der Waals surface area (Å²) in [5.41, 5.74) is 1.57. The van der Waals surface area contributed by atoms with Gasteiger partial charge in [0.1, 0.15) is 23.0 Å². The molecule has 1 aromatic carbocycles. The molecule has 5 rings (SSSR count). The van der Waals surface area contributed by atoms with Gasteiger partial charge >= 0.3 is 6.09 Å². The van der Waals surface area contributed by atoms with Crippen LogP contribution in [0.25, 0.3) is 11.3 Å². The van der Waals surface area contributed by atoms with Gasteiger partial charge in [0.15, 0.2) is 0 Å². The topological polar surface area (TPSA) is 100 Å². The van der Waals surface area contributed by atoms with Crippen LogP contribution >= 0.6 is 11.6 Å². The van der Waals surface area contributed by atoms with Crippen molar-refractivity contribution < 1.29 is 23.5 Å². The molecular formula is C34H42ClFN6O4. The highest BCUT2D eigenvalue weighted by Crippen LogP contribution is 2.30. The van der Waals surface area contributed by atoms with Crippen molar-refractivity contribution in [2.75, 3.05) is 50.7 Å². The van der Waals surface area contributed by atoms with E-state index in [-0.39, 0.29) is 17.0 Å². The second kappa shape index (κ2) is 14.6. The Hall–Kier alpha value is -3.96. The SMILES string of the molecule is CC(=O)NCC1CCN(Cc2cc(Oc3ccc(N4CCN(C(=O)OC(C)(C)C)CC4)nc3)nc(-c3cc(F)cc(Cl)c3)c2)CC1. The fourth-order valence-electron chi connectivity index (χ4n) is 5.63. The first-order valence-electron chi connectivity index (χ1n) is 15.7. The summed E-state index contributed by atoms with van der Waals surface area (Å²) in [6.45, 7) is 12.7. The van der Waals surface area contributed by atoms with Gasteiger partial charge in [0.2, 0.25) is 11.8 Å². The summed E-state index contributed by atoms with van der Waals surface area (Å²) in [5.74, 6) is 1.70. The molecule has 0 spiro atoms. The maximum absolute atomic E-state index is 14.3. The highest BCUT2D eigenvalue weighted by atomic mass is 35.5. The summed E-state index contributed by atoms with van der Waals surface area (Å²) in [6.07, 6.45) is 3.34. The molecule has 0 radical (unpaired) electrons. The number of anilines is 1. The third kappa shape index (κ3) is 9.53. The molecule has 0 aliphatic carbocycles. The zero-order chi connectivity index (χ0) is 32.8. The Morgan fingerprint density at radius 1 is 1.02 bits per heavy atom. The summed E-state index contributed by atoms with van der Waals surface area (Å²) in [6, 6.07) is 11.9. The van der Waals surface area contributed by atoms with E-state index in [0.717, 1.165) is 37.3 Å². The number of amides is 2. The maximum Gasteiger partial charge on any atom is 0.410 e. The van der Waals surface area contributed by atoms with Crippen molar-refractivity contribution in [3.63, 3.8) is 0 Å². The molecule has 2 aliphatic rings. The molecule has 46 heavy (non-hydrogen) atoms. The fourth-order valence-corrected chi connectivity index (χ4v) is 5.85. The Morgan fingerprint density at radius 2 is 1.76 bits per heavy atom. The molecule has 3 aromatic rings. The van der Waals surface area contributed by atoms with Gasteiger partial charge in [-0.2, -0.15) is 0 Å². The number of hydrogen-bond donors (Lipinski definition) is 1. The number of halogens is 2. The fraction of sp³-hybridized carbons (Fsp3) is 0.471. The van der Waals surface area contributed by atoms with Crippen LogP contribution in [0.5, 0.6) is 11.6 Å². The van der Waals surface area contributed by atoms with Crippen LogP contribution in [0.3, 0.4) is 0 Å². The van der Waals surface area contributed by atoms with E-state index < -0.39 is 11.4 Å². The highest BCUT2D eigenvalue weighted by Gasteiger charge is 2.26. The number of ether oxygens (including phenoxy) is 2. The van der Waals surface area contributed by atoms with E-state index in [4.69, 9.17) is 26.1 Å². The van der Waals surface area contributed by atoms with Crippen LogP contribution in [0.1, 0.15) is 46.1 Å². The number of rotatable bonds is 8. The summed E-state index contributed by atoms with van der Waals surface area (Å²) in [5, 5.41) is 3.22. The van der Waals surface area contributed by atoms with E-state index >= 15 is 0 Å². The molecule has 12 heteroatoms. The first-order valence-corrected chi connectivity index (χ1v) is 16.1. The number of likely N-dealkylation sites (tertiary alicyclic amines) is 1. The number of aromatic nitrogens is 2. The van der Waals surface area contributed by atoms with Crippen molar-refractivity contribution in [3.05, 3.63) is 65.1 Å². The lowest BCUT2D eigenvalue weighted by atomic mass is 9.96. The lowest BCUT2D eigenvalue weighted by Crippen LogP contribution is -2.50. The molecule has 1 N–H and O–H groups in total. The van der Waals surface area contributed by atoms with Gasteiger partial charge < -0.3 is 24.6 Å². The largest absolute Gasteiger partial charge is 0.444 e. The number of benzene rings is 1. The summed E-state index contributed by atoms with van der Waals surface area (Å²) in [4.78, 5) is 39.2. The van der Waals surface area contributed by atoms with Crippen molar-refractivity contribution in [3.8, 4) is 22.9 Å². The quantitative estimate of drug-likeness (QED) is 0.310. The number of piperidine rings is 1. The molecule has 2 aliphatic heterocycles. The zero-order valence-electron chi connectivity index (χ0n) is 26.9. The molecule has 4 heterocycles. The lowest BCUT2D eigenvalue weighted by molar-refractivity contribution is -0.119. The minimum Gasteiger partial charge on any atom is -0.444 e. The number of nitrogens with zero attached hydrogens (tertiary/aromatic N) is 5. The Bertz CT molecular complexity index is 1500. The molecule has 2 saturated heterocycles. The van der Waals surface area contributed by atoms with Crippen molar-refractivity contribution >= 4 is 29.4 Å². The van der Waals surface area contributed by atoms with Crippen LogP contribution in [0, 0.1) is 11.7 Å². The van der Waals surface area contributed by atoms with E-state index in [1.807, 2.05) is 45.0 Å². The summed E-state index contributed by atoms with van der Waals surface area (Å²) >= 11 is 6.18. The molecule has 0 saturated carbocycles. The molecule has 10 nitrogen and oxygen atoms in total. The van der Waals surface area contributed by atoms with Gasteiger partial charge in [-0.1, -0.05) is 11.6 Å². The molecule has 0 bridgehead atoms. The Labute approximate surface area is 274 Å². The highest BCUT2D eigenvalue weighted by molar-refractivity contribution is 6.30. The number of carbonyl (C=O) groups is 2. The number of piperazine rings is 1. The van der Waals surface area contributed by atoms with Crippen molar-refractivity contribution in [1.82, 2.24) is 25.1 Å². The van der Waals surface area contributed by atoms with Crippen LogP contribution in [0.4, 0.5) is 15.0 Å². The predicted molar refractivity (Wildman–Crippen MR) is 176 cm³/mol. The maximum atomic E-state index is 14.3. The number of nitrogens with one attached hydrogen (secondary N) is 1. The predicted octanol–water partition coefficient (Wildman–Crippen LogP) is 6.13. The summed E-state index contributed by atoms with van der Waals surface area (Å²) < 4.78 is 26.0. The van der Waals surface area contributed by atoms with E-state index in [9.17, 15) is 14.0 Å². The molecule has 0 atom stereocenters. The monoisotopic (exact) mass is 652 g/mol. The van der Waals surface area contributed by atoms with Crippen molar-refractivity contribution in [2.45, 2.75) is 52.7 Å². The van der Waals surface area contributed by atoms with Gasteiger partial charge in [-0.05, 0) is 94.6 Å². The minimum atomic E-state index is -0.530. The Kier molecular flexibility index (Phi) is 10.6. The van der Waals surface area contributed by atoms with Crippen LogP contribution in [-0.4, -0.2) is 83.2 Å². The molecule has 0 unspecified atom stereocenters. The first-order chi connectivity index (χ1) is 21.9. The van der Waals surface area contributed by atoms with Crippen molar-refractivity contribution in [2.24, 2.45) is 5.92 Å². The number of carbonyl (C=O) groups excluding carboxylic acids is 2. The second-order valence-corrected chi connectivity index (χ2v) is 13.4. The number of pyridine rings is 2. The van der Waals surface area contributed by atoms with Crippen molar-refractivity contribution in [1.29, 1.82) is 0 Å². The number of hydrogen-bond acceptors (Lipinski definition) is 8. The van der Waals surface area contributed by atoms with Gasteiger partial charge in [-0.15, -0.1) is 0 Å². The lowest BCUT2D eigenvalue weighted by Gasteiger charge is -2.36. The molecule has 2 fully saturated rings. The average Bonchev–Trinajstić information content (AvgIpc) is 3.00. The summed E-state index contributed by atoms with van der Waals surface area (Å²) in [7, 11) is 0. The van der Waals surface area contributed by atoms with Gasteiger partial charge in [-0.25, -0.2) is 19.2 Å². The Morgan fingerprint density at radius 3 is 2.39 bits per heavy atom. The third-order valence-corrected chi connectivity index (χ3v) is 8.19. The second-order valence-electron chi connectivity index (χ2n) is 12.9. The van der Waals surface area contributed by atoms with Crippen LogP contribution in [0.2, 0.25) is 5.02 Å². The molecule has 2 amide bonds. The van der Waals surface area contributed by atoms with Gasteiger partial charge in [-0.3, -0.25) is 9.69 Å².